The molecule has 33 heavy (non-hydrogen) atoms. The van der Waals surface area contributed by atoms with Crippen LogP contribution in [0.1, 0.15) is 38.2 Å². The van der Waals surface area contributed by atoms with E-state index in [1.807, 2.05) is 60.3 Å². The molecule has 3 aromatic rings. The number of para-hydroxylation sites is 2. The third-order valence-electron chi connectivity index (χ3n) is 6.64. The van der Waals surface area contributed by atoms with Crippen molar-refractivity contribution in [1.29, 1.82) is 0 Å². The summed E-state index contributed by atoms with van der Waals surface area (Å²) in [5.74, 6) is 0.515. The van der Waals surface area contributed by atoms with Gasteiger partial charge < -0.3 is 20.1 Å². The zero-order chi connectivity index (χ0) is 22.8. The molecular formula is C26H30N4O3. The Morgan fingerprint density at radius 3 is 2.70 bits per heavy atom. The number of carbonyl (C=O) groups excluding carboxylic acids is 1. The SMILES string of the molecule is CC1(C(=O)N[C@H]2CCCC[C@@H]2O)CN(Cc2ccc(-n3cccn3)cc2)c2ccccc2O1. The average molecular weight is 447 g/mol. The molecule has 1 saturated carbocycles. The smallest absolute Gasteiger partial charge is 0.266 e. The van der Waals surface area contributed by atoms with Crippen molar-refractivity contribution in [3.05, 3.63) is 72.6 Å². The number of benzene rings is 2. The van der Waals surface area contributed by atoms with Crippen LogP contribution < -0.4 is 15.0 Å². The van der Waals surface area contributed by atoms with E-state index in [9.17, 15) is 9.90 Å². The van der Waals surface area contributed by atoms with Crippen LogP contribution in [0.2, 0.25) is 0 Å². The first-order valence-corrected chi connectivity index (χ1v) is 11.6. The van der Waals surface area contributed by atoms with Gasteiger partial charge >= 0.3 is 0 Å². The summed E-state index contributed by atoms with van der Waals surface area (Å²) in [5, 5.41) is 17.7. The minimum absolute atomic E-state index is 0.179. The van der Waals surface area contributed by atoms with Gasteiger partial charge in [-0.25, -0.2) is 4.68 Å². The van der Waals surface area contributed by atoms with Gasteiger partial charge in [0.15, 0.2) is 0 Å². The molecule has 1 aromatic heterocycles. The highest BCUT2D eigenvalue weighted by atomic mass is 16.5. The van der Waals surface area contributed by atoms with Gasteiger partial charge in [-0.15, -0.1) is 0 Å². The van der Waals surface area contributed by atoms with Gasteiger partial charge in [0.05, 0.1) is 30.1 Å². The summed E-state index contributed by atoms with van der Waals surface area (Å²) >= 11 is 0. The summed E-state index contributed by atoms with van der Waals surface area (Å²) in [7, 11) is 0. The van der Waals surface area contributed by atoms with Gasteiger partial charge in [-0.1, -0.05) is 37.1 Å². The van der Waals surface area contributed by atoms with Gasteiger partial charge in [0, 0.05) is 18.9 Å². The number of carbonyl (C=O) groups is 1. The van der Waals surface area contributed by atoms with Crippen molar-refractivity contribution in [2.24, 2.45) is 0 Å². The van der Waals surface area contributed by atoms with Crippen LogP contribution in [-0.2, 0) is 11.3 Å². The van der Waals surface area contributed by atoms with E-state index in [-0.39, 0.29) is 11.9 Å². The molecule has 1 aliphatic carbocycles. The second-order valence-corrected chi connectivity index (χ2v) is 9.21. The summed E-state index contributed by atoms with van der Waals surface area (Å²) in [4.78, 5) is 15.5. The zero-order valence-electron chi connectivity index (χ0n) is 18.9. The molecule has 2 aromatic carbocycles. The highest BCUT2D eigenvalue weighted by Crippen LogP contribution is 2.38. The van der Waals surface area contributed by atoms with E-state index in [1.165, 1.54) is 0 Å². The van der Waals surface area contributed by atoms with Crippen molar-refractivity contribution in [3.8, 4) is 11.4 Å². The van der Waals surface area contributed by atoms with E-state index in [0.717, 1.165) is 42.6 Å². The van der Waals surface area contributed by atoms with Crippen LogP contribution in [0.3, 0.4) is 0 Å². The van der Waals surface area contributed by atoms with Gasteiger partial charge in [-0.2, -0.15) is 5.10 Å². The number of aliphatic hydroxyl groups excluding tert-OH is 1. The van der Waals surface area contributed by atoms with Crippen LogP contribution in [0.4, 0.5) is 5.69 Å². The number of hydrogen-bond acceptors (Lipinski definition) is 5. The lowest BCUT2D eigenvalue weighted by molar-refractivity contribution is -0.137. The molecule has 1 amide bonds. The maximum absolute atomic E-state index is 13.3. The second kappa shape index (κ2) is 8.90. The summed E-state index contributed by atoms with van der Waals surface area (Å²) in [6.45, 7) is 2.90. The van der Waals surface area contributed by atoms with Crippen molar-refractivity contribution in [1.82, 2.24) is 15.1 Å². The molecule has 0 radical (unpaired) electrons. The van der Waals surface area contributed by atoms with E-state index in [1.54, 1.807) is 6.20 Å². The molecule has 5 rings (SSSR count). The molecule has 0 bridgehead atoms. The summed E-state index contributed by atoms with van der Waals surface area (Å²) in [6.07, 6.45) is 6.73. The lowest BCUT2D eigenvalue weighted by atomic mass is 9.91. The molecule has 2 heterocycles. The van der Waals surface area contributed by atoms with Gasteiger partial charge in [0.2, 0.25) is 5.60 Å². The molecule has 1 fully saturated rings. The minimum Gasteiger partial charge on any atom is -0.474 e. The zero-order valence-corrected chi connectivity index (χ0v) is 18.9. The van der Waals surface area contributed by atoms with Crippen LogP contribution in [0.25, 0.3) is 5.69 Å². The van der Waals surface area contributed by atoms with Gasteiger partial charge in [0.1, 0.15) is 5.75 Å². The number of fused-ring (bicyclic) bond motifs is 1. The molecule has 0 saturated heterocycles. The van der Waals surface area contributed by atoms with Gasteiger partial charge in [0.25, 0.3) is 5.91 Å². The molecule has 7 nitrogen and oxygen atoms in total. The number of amides is 1. The van der Waals surface area contributed by atoms with Crippen LogP contribution in [0.5, 0.6) is 5.75 Å². The maximum Gasteiger partial charge on any atom is 0.266 e. The third-order valence-corrected chi connectivity index (χ3v) is 6.64. The Bertz CT molecular complexity index is 1100. The van der Waals surface area contributed by atoms with Gasteiger partial charge in [-0.05, 0) is 55.7 Å². The largest absolute Gasteiger partial charge is 0.474 e. The highest BCUT2D eigenvalue weighted by molar-refractivity contribution is 5.87. The number of ether oxygens (including phenoxy) is 1. The first kappa shape index (κ1) is 21.5. The fourth-order valence-electron chi connectivity index (χ4n) is 4.79. The molecular weight excluding hydrogens is 416 g/mol. The molecule has 2 aliphatic rings. The lowest BCUT2D eigenvalue weighted by Crippen LogP contribution is -2.61. The third kappa shape index (κ3) is 4.46. The number of aromatic nitrogens is 2. The number of nitrogens with zero attached hydrogens (tertiary/aromatic N) is 3. The number of nitrogens with one attached hydrogen (secondary N) is 1. The Labute approximate surface area is 194 Å². The van der Waals surface area contributed by atoms with Gasteiger partial charge in [-0.3, -0.25) is 4.79 Å². The predicted octanol–water partition coefficient (Wildman–Crippen LogP) is 3.45. The minimum atomic E-state index is -1.06. The molecule has 2 N–H and O–H groups in total. The normalized spacial score (nSPS) is 24.6. The number of hydrogen-bond donors (Lipinski definition) is 2. The average Bonchev–Trinajstić information content (AvgIpc) is 3.36. The molecule has 1 unspecified atom stereocenters. The Hall–Kier alpha value is -3.32. The predicted molar refractivity (Wildman–Crippen MR) is 126 cm³/mol. The van der Waals surface area contributed by atoms with Crippen molar-refractivity contribution < 1.29 is 14.6 Å². The van der Waals surface area contributed by atoms with Crippen LogP contribution in [0.15, 0.2) is 67.0 Å². The Balaban J connectivity index is 1.36. The first-order chi connectivity index (χ1) is 16.0. The summed E-state index contributed by atoms with van der Waals surface area (Å²) in [6, 6.07) is 17.8. The number of rotatable bonds is 5. The standard InChI is InChI=1S/C26H30N4O3/c1-26(25(32)28-21-7-2-4-9-23(21)31)18-29(22-8-3-5-10-24(22)33-26)17-19-11-13-20(14-12-19)30-16-6-15-27-30/h3,5-6,8,10-16,21,23,31H,2,4,7,9,17-18H2,1H3,(H,28,32)/t21-,23-,26?/m0/s1. The van der Waals surface area contributed by atoms with E-state index in [4.69, 9.17) is 4.74 Å². The molecule has 3 atom stereocenters. The summed E-state index contributed by atoms with van der Waals surface area (Å²) < 4.78 is 8.08. The number of anilines is 1. The summed E-state index contributed by atoms with van der Waals surface area (Å²) in [5.41, 5.74) is 2.05. The monoisotopic (exact) mass is 446 g/mol. The van der Waals surface area contributed by atoms with Crippen LogP contribution in [0, 0.1) is 0 Å². The van der Waals surface area contributed by atoms with Crippen molar-refractivity contribution in [3.63, 3.8) is 0 Å². The topological polar surface area (TPSA) is 79.6 Å². The fraction of sp³-hybridized carbons (Fsp3) is 0.385. The highest BCUT2D eigenvalue weighted by Gasteiger charge is 2.43. The van der Waals surface area contributed by atoms with E-state index < -0.39 is 11.7 Å². The molecule has 0 spiro atoms. The number of aliphatic hydroxyl groups is 1. The molecule has 7 heteroatoms. The fourth-order valence-corrected chi connectivity index (χ4v) is 4.79. The van der Waals surface area contributed by atoms with E-state index in [2.05, 4.69) is 27.4 Å². The first-order valence-electron chi connectivity index (χ1n) is 11.6. The quantitative estimate of drug-likeness (QED) is 0.628. The maximum atomic E-state index is 13.3. The van der Waals surface area contributed by atoms with Crippen molar-refractivity contribution in [2.75, 3.05) is 11.4 Å². The Kier molecular flexibility index (Phi) is 5.81. The molecule has 1 aliphatic heterocycles. The second-order valence-electron chi connectivity index (χ2n) is 9.21. The van der Waals surface area contributed by atoms with E-state index in [0.29, 0.717) is 18.8 Å². The van der Waals surface area contributed by atoms with E-state index >= 15 is 0 Å². The van der Waals surface area contributed by atoms with Crippen molar-refractivity contribution in [2.45, 2.75) is 56.9 Å². The lowest BCUT2D eigenvalue weighted by Gasteiger charge is -2.42. The Morgan fingerprint density at radius 2 is 1.94 bits per heavy atom. The Morgan fingerprint density at radius 1 is 1.15 bits per heavy atom. The van der Waals surface area contributed by atoms with Crippen molar-refractivity contribution >= 4 is 11.6 Å². The van der Waals surface area contributed by atoms with Crippen LogP contribution >= 0.6 is 0 Å². The molecule has 172 valence electrons. The van der Waals surface area contributed by atoms with Crippen LogP contribution in [-0.4, -0.2) is 45.1 Å².